The normalized spacial score (nSPS) is 25.9. The summed E-state index contributed by atoms with van der Waals surface area (Å²) in [5.74, 6) is 0.0960. The molecular formula is C18H30N4O2. The number of aliphatic hydroxyl groups is 1. The van der Waals surface area contributed by atoms with Gasteiger partial charge < -0.3 is 10.0 Å². The molecule has 1 aromatic heterocycles. The van der Waals surface area contributed by atoms with Crippen LogP contribution >= 0.6 is 0 Å². The fraction of sp³-hybridized carbons (Fsp3) is 0.778. The number of hydrogen-bond acceptors (Lipinski definition) is 4. The number of aryl methyl sites for hydroxylation is 1. The van der Waals surface area contributed by atoms with Crippen molar-refractivity contribution in [1.29, 1.82) is 0 Å². The van der Waals surface area contributed by atoms with Gasteiger partial charge in [-0.15, -0.1) is 0 Å². The van der Waals surface area contributed by atoms with Crippen molar-refractivity contribution < 1.29 is 9.90 Å². The molecule has 1 aromatic rings. The van der Waals surface area contributed by atoms with Crippen LogP contribution in [0.1, 0.15) is 55.1 Å². The van der Waals surface area contributed by atoms with Crippen LogP contribution in [0.4, 0.5) is 0 Å². The van der Waals surface area contributed by atoms with Gasteiger partial charge in [0, 0.05) is 44.5 Å². The van der Waals surface area contributed by atoms with Crippen LogP contribution in [0.3, 0.4) is 0 Å². The molecule has 2 fully saturated rings. The van der Waals surface area contributed by atoms with Gasteiger partial charge in [-0.05, 0) is 26.2 Å². The van der Waals surface area contributed by atoms with Crippen LogP contribution in [0.15, 0.2) is 6.20 Å². The zero-order valence-corrected chi connectivity index (χ0v) is 14.9. The van der Waals surface area contributed by atoms with Gasteiger partial charge in [0.2, 0.25) is 0 Å². The molecule has 2 heterocycles. The van der Waals surface area contributed by atoms with E-state index in [-0.39, 0.29) is 18.1 Å². The Morgan fingerprint density at radius 3 is 2.62 bits per heavy atom. The SMILES string of the molecule is CCCn1ncc(C(=O)N2CCN([C@H]3CCCC[C@@H]3O)CC2)c1C. The summed E-state index contributed by atoms with van der Waals surface area (Å²) >= 11 is 0. The topological polar surface area (TPSA) is 61.6 Å². The number of amides is 1. The summed E-state index contributed by atoms with van der Waals surface area (Å²) in [7, 11) is 0. The molecular weight excluding hydrogens is 304 g/mol. The van der Waals surface area contributed by atoms with Crippen molar-refractivity contribution in [2.75, 3.05) is 26.2 Å². The Bertz CT molecular complexity index is 563. The molecule has 0 radical (unpaired) electrons. The van der Waals surface area contributed by atoms with Crippen LogP contribution in [0.5, 0.6) is 0 Å². The van der Waals surface area contributed by atoms with Crippen LogP contribution in [0.2, 0.25) is 0 Å². The Morgan fingerprint density at radius 1 is 1.25 bits per heavy atom. The Morgan fingerprint density at radius 2 is 1.96 bits per heavy atom. The molecule has 1 amide bonds. The average molecular weight is 334 g/mol. The Balaban J connectivity index is 1.59. The second-order valence-corrected chi connectivity index (χ2v) is 7.11. The Labute approximate surface area is 144 Å². The van der Waals surface area contributed by atoms with Gasteiger partial charge in [-0.25, -0.2) is 0 Å². The highest BCUT2D eigenvalue weighted by Crippen LogP contribution is 2.24. The fourth-order valence-electron chi connectivity index (χ4n) is 4.04. The monoisotopic (exact) mass is 334 g/mol. The molecule has 2 aliphatic rings. The second-order valence-electron chi connectivity index (χ2n) is 7.11. The maximum absolute atomic E-state index is 12.8. The van der Waals surface area contributed by atoms with Gasteiger partial charge in [0.15, 0.2) is 0 Å². The number of piperazine rings is 1. The van der Waals surface area contributed by atoms with Crippen molar-refractivity contribution in [1.82, 2.24) is 19.6 Å². The molecule has 0 spiro atoms. The number of carbonyl (C=O) groups excluding carboxylic acids is 1. The summed E-state index contributed by atoms with van der Waals surface area (Å²) in [6.45, 7) is 8.13. The minimum Gasteiger partial charge on any atom is -0.391 e. The van der Waals surface area contributed by atoms with E-state index in [0.717, 1.165) is 69.7 Å². The average Bonchev–Trinajstić information content (AvgIpc) is 2.96. The number of carbonyl (C=O) groups is 1. The van der Waals surface area contributed by atoms with Crippen molar-refractivity contribution in [3.63, 3.8) is 0 Å². The summed E-state index contributed by atoms with van der Waals surface area (Å²) in [6, 6.07) is 0.282. The maximum Gasteiger partial charge on any atom is 0.257 e. The molecule has 6 nitrogen and oxygen atoms in total. The highest BCUT2D eigenvalue weighted by molar-refractivity contribution is 5.95. The molecule has 0 aromatic carbocycles. The van der Waals surface area contributed by atoms with Crippen LogP contribution in [0.25, 0.3) is 0 Å². The number of rotatable bonds is 4. The molecule has 24 heavy (non-hydrogen) atoms. The van der Waals surface area contributed by atoms with E-state index in [1.807, 2.05) is 16.5 Å². The molecule has 1 aliphatic carbocycles. The molecule has 1 saturated heterocycles. The molecule has 0 unspecified atom stereocenters. The molecule has 1 aliphatic heterocycles. The van der Waals surface area contributed by atoms with Crippen LogP contribution in [-0.4, -0.2) is 68.9 Å². The molecule has 2 atom stereocenters. The highest BCUT2D eigenvalue weighted by atomic mass is 16.3. The number of nitrogens with zero attached hydrogens (tertiary/aromatic N) is 4. The van der Waals surface area contributed by atoms with Crippen molar-refractivity contribution in [3.8, 4) is 0 Å². The summed E-state index contributed by atoms with van der Waals surface area (Å²) in [6.07, 6.45) is 6.87. The molecule has 134 valence electrons. The highest BCUT2D eigenvalue weighted by Gasteiger charge is 2.32. The number of hydrogen-bond donors (Lipinski definition) is 1. The van der Waals surface area contributed by atoms with E-state index in [1.165, 1.54) is 6.42 Å². The summed E-state index contributed by atoms with van der Waals surface area (Å²) in [5, 5.41) is 14.6. The summed E-state index contributed by atoms with van der Waals surface area (Å²) in [5.41, 5.74) is 1.70. The quantitative estimate of drug-likeness (QED) is 0.910. The number of aliphatic hydroxyl groups excluding tert-OH is 1. The molecule has 1 saturated carbocycles. The van der Waals surface area contributed by atoms with Crippen molar-refractivity contribution in [3.05, 3.63) is 17.5 Å². The third kappa shape index (κ3) is 3.49. The van der Waals surface area contributed by atoms with E-state index in [9.17, 15) is 9.90 Å². The van der Waals surface area contributed by atoms with Crippen LogP contribution in [0, 0.1) is 6.92 Å². The lowest BCUT2D eigenvalue weighted by atomic mass is 9.91. The maximum atomic E-state index is 12.8. The molecule has 6 heteroatoms. The van der Waals surface area contributed by atoms with Gasteiger partial charge in [0.1, 0.15) is 0 Å². The van der Waals surface area contributed by atoms with Crippen molar-refractivity contribution in [2.45, 2.75) is 64.6 Å². The number of aromatic nitrogens is 2. The molecule has 0 bridgehead atoms. The summed E-state index contributed by atoms with van der Waals surface area (Å²) < 4.78 is 1.92. The van der Waals surface area contributed by atoms with Crippen LogP contribution in [-0.2, 0) is 6.54 Å². The smallest absolute Gasteiger partial charge is 0.257 e. The first-order valence-electron chi connectivity index (χ1n) is 9.35. The largest absolute Gasteiger partial charge is 0.391 e. The predicted molar refractivity (Wildman–Crippen MR) is 93.0 cm³/mol. The lowest BCUT2D eigenvalue weighted by Crippen LogP contribution is -2.55. The zero-order valence-electron chi connectivity index (χ0n) is 14.9. The van der Waals surface area contributed by atoms with E-state index in [4.69, 9.17) is 0 Å². The first kappa shape index (κ1) is 17.4. The summed E-state index contributed by atoms with van der Waals surface area (Å²) in [4.78, 5) is 17.1. The van der Waals surface area contributed by atoms with Gasteiger partial charge in [-0.1, -0.05) is 19.8 Å². The third-order valence-electron chi connectivity index (χ3n) is 5.53. The van der Waals surface area contributed by atoms with Gasteiger partial charge in [0.05, 0.1) is 17.9 Å². The van der Waals surface area contributed by atoms with Gasteiger partial charge in [0.25, 0.3) is 5.91 Å². The van der Waals surface area contributed by atoms with Gasteiger partial charge in [-0.2, -0.15) is 5.10 Å². The lowest BCUT2D eigenvalue weighted by Gasteiger charge is -2.42. The minimum atomic E-state index is -0.199. The molecule has 3 rings (SSSR count). The van der Waals surface area contributed by atoms with E-state index < -0.39 is 0 Å². The third-order valence-corrected chi connectivity index (χ3v) is 5.53. The molecule has 1 N–H and O–H groups in total. The van der Waals surface area contributed by atoms with E-state index in [0.29, 0.717) is 0 Å². The van der Waals surface area contributed by atoms with Crippen molar-refractivity contribution in [2.24, 2.45) is 0 Å². The zero-order chi connectivity index (χ0) is 17.1. The van der Waals surface area contributed by atoms with E-state index in [2.05, 4.69) is 16.9 Å². The van der Waals surface area contributed by atoms with Gasteiger partial charge in [-0.3, -0.25) is 14.4 Å². The Hall–Kier alpha value is -1.40. The second kappa shape index (κ2) is 7.66. The fourth-order valence-corrected chi connectivity index (χ4v) is 4.04. The standard InChI is InChI=1S/C18H30N4O2/c1-3-8-22-14(2)15(13-19-22)18(24)21-11-9-20(10-12-21)16-6-4-5-7-17(16)23/h13,16-17,23H,3-12H2,1-2H3/t16-,17-/m0/s1. The first-order valence-corrected chi connectivity index (χ1v) is 9.35. The van der Waals surface area contributed by atoms with E-state index >= 15 is 0 Å². The van der Waals surface area contributed by atoms with Crippen molar-refractivity contribution >= 4 is 5.91 Å². The predicted octanol–water partition coefficient (Wildman–Crippen LogP) is 1.66. The van der Waals surface area contributed by atoms with Crippen LogP contribution < -0.4 is 0 Å². The Kier molecular flexibility index (Phi) is 5.56. The van der Waals surface area contributed by atoms with E-state index in [1.54, 1.807) is 6.20 Å². The van der Waals surface area contributed by atoms with Gasteiger partial charge >= 0.3 is 0 Å². The minimum absolute atomic E-state index is 0.0960. The lowest BCUT2D eigenvalue weighted by molar-refractivity contribution is -0.00174. The first-order chi connectivity index (χ1) is 11.6.